The lowest BCUT2D eigenvalue weighted by Crippen LogP contribution is -2.48. The standard InChI is InChI=1S/C17H20FN3O2S/c1-11-5-3-6-12(2)21(11)15(22)10-24-17-20-19-16(23-17)13-7-4-8-14(18)9-13/h4,7-9,11-12H,3,5-6,10H2,1-2H3/t11-,12-/m0/s1. The normalized spacial score (nSPS) is 21.0. The van der Waals surface area contributed by atoms with E-state index in [9.17, 15) is 9.18 Å². The summed E-state index contributed by atoms with van der Waals surface area (Å²) in [5.41, 5.74) is 0.527. The largest absolute Gasteiger partial charge is 0.411 e. The molecule has 0 radical (unpaired) electrons. The fourth-order valence-electron chi connectivity index (χ4n) is 3.12. The molecule has 0 unspecified atom stereocenters. The summed E-state index contributed by atoms with van der Waals surface area (Å²) < 4.78 is 18.8. The van der Waals surface area contributed by atoms with Crippen LogP contribution < -0.4 is 0 Å². The Bertz CT molecular complexity index is 711. The summed E-state index contributed by atoms with van der Waals surface area (Å²) in [5.74, 6) is 0.247. The van der Waals surface area contributed by atoms with Gasteiger partial charge < -0.3 is 9.32 Å². The van der Waals surface area contributed by atoms with E-state index in [1.54, 1.807) is 12.1 Å². The lowest BCUT2D eigenvalue weighted by Gasteiger charge is -2.39. The van der Waals surface area contributed by atoms with Crippen LogP contribution in [0.3, 0.4) is 0 Å². The highest BCUT2D eigenvalue weighted by Gasteiger charge is 2.29. The topological polar surface area (TPSA) is 59.2 Å². The molecule has 1 aliphatic heterocycles. The third-order valence-electron chi connectivity index (χ3n) is 4.28. The molecule has 1 aromatic carbocycles. The van der Waals surface area contributed by atoms with Crippen molar-refractivity contribution in [1.29, 1.82) is 0 Å². The van der Waals surface area contributed by atoms with Gasteiger partial charge in [-0.15, -0.1) is 10.2 Å². The Hall–Kier alpha value is -1.89. The second-order valence-corrected chi connectivity index (χ2v) is 7.03. The van der Waals surface area contributed by atoms with Gasteiger partial charge in [0.15, 0.2) is 0 Å². The quantitative estimate of drug-likeness (QED) is 0.787. The second-order valence-electron chi connectivity index (χ2n) is 6.10. The number of nitrogens with zero attached hydrogens (tertiary/aromatic N) is 3. The highest BCUT2D eigenvalue weighted by molar-refractivity contribution is 7.99. The smallest absolute Gasteiger partial charge is 0.277 e. The van der Waals surface area contributed by atoms with Crippen molar-refractivity contribution in [2.45, 2.75) is 50.4 Å². The van der Waals surface area contributed by atoms with Crippen molar-refractivity contribution in [2.75, 3.05) is 5.75 Å². The van der Waals surface area contributed by atoms with Gasteiger partial charge in [0.05, 0.1) is 5.75 Å². The van der Waals surface area contributed by atoms with Gasteiger partial charge in [-0.05, 0) is 51.3 Å². The van der Waals surface area contributed by atoms with Crippen LogP contribution in [-0.4, -0.2) is 38.8 Å². The van der Waals surface area contributed by atoms with Crippen LogP contribution in [0.1, 0.15) is 33.1 Å². The molecule has 0 saturated carbocycles. The molecular formula is C17H20FN3O2S. The average molecular weight is 349 g/mol. The third kappa shape index (κ3) is 3.77. The molecule has 1 amide bonds. The Labute approximate surface area is 144 Å². The first-order chi connectivity index (χ1) is 11.5. The zero-order chi connectivity index (χ0) is 17.1. The molecule has 2 atom stereocenters. The second kappa shape index (κ2) is 7.34. The molecule has 128 valence electrons. The van der Waals surface area contributed by atoms with Crippen LogP contribution in [0.5, 0.6) is 0 Å². The number of piperidine rings is 1. The molecule has 0 spiro atoms. The maximum atomic E-state index is 13.2. The van der Waals surface area contributed by atoms with Gasteiger partial charge in [0.25, 0.3) is 5.22 Å². The van der Waals surface area contributed by atoms with Crippen LogP contribution in [0.2, 0.25) is 0 Å². The minimum absolute atomic E-state index is 0.0882. The Balaban J connectivity index is 1.62. The van der Waals surface area contributed by atoms with Gasteiger partial charge in [-0.3, -0.25) is 4.79 Å². The summed E-state index contributed by atoms with van der Waals surface area (Å²) in [6.07, 6.45) is 3.26. The van der Waals surface area contributed by atoms with Gasteiger partial charge in [0, 0.05) is 17.6 Å². The number of hydrogen-bond donors (Lipinski definition) is 0. The fourth-order valence-corrected chi connectivity index (χ4v) is 3.75. The number of rotatable bonds is 4. The average Bonchev–Trinajstić information content (AvgIpc) is 3.02. The Morgan fingerprint density at radius 2 is 2.08 bits per heavy atom. The molecule has 0 bridgehead atoms. The molecule has 1 aliphatic rings. The molecule has 3 rings (SSSR count). The van der Waals surface area contributed by atoms with Crippen LogP contribution in [0, 0.1) is 5.82 Å². The molecule has 2 heterocycles. The van der Waals surface area contributed by atoms with Crippen LogP contribution in [0.4, 0.5) is 4.39 Å². The van der Waals surface area contributed by atoms with Crippen molar-refractivity contribution in [3.63, 3.8) is 0 Å². The third-order valence-corrected chi connectivity index (χ3v) is 5.08. The maximum Gasteiger partial charge on any atom is 0.277 e. The predicted molar refractivity (Wildman–Crippen MR) is 90.0 cm³/mol. The number of carbonyl (C=O) groups is 1. The number of likely N-dealkylation sites (tertiary alicyclic amines) is 1. The Morgan fingerprint density at radius 1 is 1.33 bits per heavy atom. The summed E-state index contributed by atoms with van der Waals surface area (Å²) in [7, 11) is 0. The number of amides is 1. The van der Waals surface area contributed by atoms with Gasteiger partial charge in [-0.2, -0.15) is 0 Å². The van der Waals surface area contributed by atoms with Gasteiger partial charge in [0.2, 0.25) is 11.8 Å². The van der Waals surface area contributed by atoms with Gasteiger partial charge in [0.1, 0.15) is 5.82 Å². The van der Waals surface area contributed by atoms with Crippen LogP contribution >= 0.6 is 11.8 Å². The van der Waals surface area contributed by atoms with Crippen molar-refractivity contribution >= 4 is 17.7 Å². The van der Waals surface area contributed by atoms with Crippen molar-refractivity contribution in [2.24, 2.45) is 0 Å². The SMILES string of the molecule is C[C@H]1CCC[C@H](C)N1C(=O)CSc1nnc(-c2cccc(F)c2)o1. The Morgan fingerprint density at radius 3 is 2.79 bits per heavy atom. The lowest BCUT2D eigenvalue weighted by molar-refractivity contribution is -0.134. The van der Waals surface area contributed by atoms with E-state index in [-0.39, 0.29) is 35.5 Å². The summed E-state index contributed by atoms with van der Waals surface area (Å²) >= 11 is 1.22. The highest BCUT2D eigenvalue weighted by Crippen LogP contribution is 2.26. The molecule has 1 aromatic heterocycles. The number of benzene rings is 1. The van der Waals surface area contributed by atoms with E-state index >= 15 is 0 Å². The van der Waals surface area contributed by atoms with Gasteiger partial charge >= 0.3 is 0 Å². The fraction of sp³-hybridized carbons (Fsp3) is 0.471. The maximum absolute atomic E-state index is 13.2. The first kappa shape index (κ1) is 17.0. The van der Waals surface area contributed by atoms with Crippen molar-refractivity contribution in [3.8, 4) is 11.5 Å². The molecule has 24 heavy (non-hydrogen) atoms. The van der Waals surface area contributed by atoms with Crippen molar-refractivity contribution in [3.05, 3.63) is 30.1 Å². The van der Waals surface area contributed by atoms with E-state index < -0.39 is 0 Å². The van der Waals surface area contributed by atoms with Crippen LogP contribution in [0.25, 0.3) is 11.5 Å². The summed E-state index contributed by atoms with van der Waals surface area (Å²) in [4.78, 5) is 14.4. The molecule has 5 nitrogen and oxygen atoms in total. The first-order valence-corrected chi connectivity index (χ1v) is 9.06. The van der Waals surface area contributed by atoms with E-state index in [2.05, 4.69) is 24.0 Å². The molecule has 0 aliphatic carbocycles. The molecule has 1 saturated heterocycles. The van der Waals surface area contributed by atoms with E-state index in [1.165, 1.54) is 30.3 Å². The summed E-state index contributed by atoms with van der Waals surface area (Å²) in [5, 5.41) is 8.17. The minimum atomic E-state index is -0.358. The van der Waals surface area contributed by atoms with Gasteiger partial charge in [-0.1, -0.05) is 17.8 Å². The number of halogens is 1. The van der Waals surface area contributed by atoms with E-state index in [1.807, 2.05) is 4.90 Å². The molecule has 2 aromatic rings. The number of carbonyl (C=O) groups excluding carboxylic acids is 1. The molecule has 7 heteroatoms. The predicted octanol–water partition coefficient (Wildman–Crippen LogP) is 3.76. The molecule has 0 N–H and O–H groups in total. The van der Waals surface area contributed by atoms with Crippen LogP contribution in [-0.2, 0) is 4.79 Å². The minimum Gasteiger partial charge on any atom is -0.411 e. The van der Waals surface area contributed by atoms with Crippen molar-refractivity contribution in [1.82, 2.24) is 15.1 Å². The molecule has 1 fully saturated rings. The van der Waals surface area contributed by atoms with E-state index in [0.717, 1.165) is 12.8 Å². The first-order valence-electron chi connectivity index (χ1n) is 8.08. The highest BCUT2D eigenvalue weighted by atomic mass is 32.2. The Kier molecular flexibility index (Phi) is 5.18. The number of hydrogen-bond acceptors (Lipinski definition) is 5. The summed E-state index contributed by atoms with van der Waals surface area (Å²) in [6, 6.07) is 6.52. The van der Waals surface area contributed by atoms with Gasteiger partial charge in [-0.25, -0.2) is 4.39 Å². The zero-order valence-electron chi connectivity index (χ0n) is 13.7. The van der Waals surface area contributed by atoms with Crippen LogP contribution in [0.15, 0.2) is 33.9 Å². The molecular weight excluding hydrogens is 329 g/mol. The zero-order valence-corrected chi connectivity index (χ0v) is 14.6. The lowest BCUT2D eigenvalue weighted by atomic mass is 9.98. The van der Waals surface area contributed by atoms with Crippen molar-refractivity contribution < 1.29 is 13.6 Å². The van der Waals surface area contributed by atoms with E-state index in [0.29, 0.717) is 10.8 Å². The number of thioether (sulfide) groups is 1. The number of aromatic nitrogens is 2. The monoisotopic (exact) mass is 349 g/mol. The summed E-state index contributed by atoms with van der Waals surface area (Å²) in [6.45, 7) is 4.18. The van der Waals surface area contributed by atoms with E-state index in [4.69, 9.17) is 4.42 Å².